The number of fused-ring (bicyclic) bond motifs is 1. The van der Waals surface area contributed by atoms with E-state index in [2.05, 4.69) is 15.3 Å². The Balaban J connectivity index is 1.99. The normalized spacial score (nSPS) is 10.6. The highest BCUT2D eigenvalue weighted by molar-refractivity contribution is 6.09. The van der Waals surface area contributed by atoms with Crippen LogP contribution in [0.15, 0.2) is 48.8 Å². The number of aromatic nitrogens is 2. The van der Waals surface area contributed by atoms with Crippen molar-refractivity contribution in [2.24, 2.45) is 0 Å². The summed E-state index contributed by atoms with van der Waals surface area (Å²) in [7, 11) is 0. The molecule has 0 spiro atoms. The SMILES string of the molecule is Cc1nccc(C(=O)Nc2cccc3cccnc23)c1C. The summed E-state index contributed by atoms with van der Waals surface area (Å²) in [5.41, 5.74) is 3.89. The fraction of sp³-hybridized carbons (Fsp3) is 0.118. The highest BCUT2D eigenvalue weighted by atomic mass is 16.1. The number of pyridine rings is 2. The average Bonchev–Trinajstić information content (AvgIpc) is 2.50. The van der Waals surface area contributed by atoms with Gasteiger partial charge in [-0.15, -0.1) is 0 Å². The summed E-state index contributed by atoms with van der Waals surface area (Å²) >= 11 is 0. The van der Waals surface area contributed by atoms with Gasteiger partial charge in [0.05, 0.1) is 11.2 Å². The van der Waals surface area contributed by atoms with Crippen molar-refractivity contribution in [2.45, 2.75) is 13.8 Å². The Morgan fingerprint density at radius 3 is 2.67 bits per heavy atom. The minimum absolute atomic E-state index is 0.142. The van der Waals surface area contributed by atoms with E-state index in [1.165, 1.54) is 0 Å². The molecule has 0 atom stereocenters. The van der Waals surface area contributed by atoms with Crippen LogP contribution in [0.2, 0.25) is 0 Å². The summed E-state index contributed by atoms with van der Waals surface area (Å²) in [5.74, 6) is -0.142. The first-order chi connectivity index (χ1) is 10.2. The summed E-state index contributed by atoms with van der Waals surface area (Å²) in [5, 5.41) is 3.94. The molecule has 4 heteroatoms. The maximum absolute atomic E-state index is 12.5. The molecule has 0 aliphatic heterocycles. The van der Waals surface area contributed by atoms with Gasteiger partial charge >= 0.3 is 0 Å². The largest absolute Gasteiger partial charge is 0.320 e. The number of rotatable bonds is 2. The van der Waals surface area contributed by atoms with Crippen molar-refractivity contribution in [3.05, 3.63) is 65.6 Å². The predicted molar refractivity (Wildman–Crippen MR) is 83.4 cm³/mol. The fourth-order valence-corrected chi connectivity index (χ4v) is 2.28. The van der Waals surface area contributed by atoms with Crippen LogP contribution in [0.5, 0.6) is 0 Å². The van der Waals surface area contributed by atoms with Crippen molar-refractivity contribution >= 4 is 22.5 Å². The zero-order valence-corrected chi connectivity index (χ0v) is 11.9. The number of carbonyl (C=O) groups excluding carboxylic acids is 1. The molecular formula is C17H15N3O. The number of nitrogens with zero attached hydrogens (tertiary/aromatic N) is 2. The lowest BCUT2D eigenvalue weighted by molar-refractivity contribution is 0.102. The molecule has 1 aromatic carbocycles. The Morgan fingerprint density at radius 1 is 1.00 bits per heavy atom. The topological polar surface area (TPSA) is 54.9 Å². The molecule has 0 aliphatic rings. The van der Waals surface area contributed by atoms with Crippen LogP contribution in [0.1, 0.15) is 21.6 Å². The van der Waals surface area contributed by atoms with Gasteiger partial charge in [-0.05, 0) is 37.6 Å². The van der Waals surface area contributed by atoms with Crippen LogP contribution in [-0.2, 0) is 0 Å². The molecule has 0 saturated carbocycles. The van der Waals surface area contributed by atoms with Crippen molar-refractivity contribution < 1.29 is 4.79 Å². The van der Waals surface area contributed by atoms with Gasteiger partial charge in [-0.3, -0.25) is 14.8 Å². The smallest absolute Gasteiger partial charge is 0.256 e. The van der Waals surface area contributed by atoms with Crippen LogP contribution in [0.4, 0.5) is 5.69 Å². The Labute approximate surface area is 122 Å². The highest BCUT2D eigenvalue weighted by Gasteiger charge is 2.12. The lowest BCUT2D eigenvalue weighted by atomic mass is 10.1. The molecule has 0 bridgehead atoms. The minimum atomic E-state index is -0.142. The maximum Gasteiger partial charge on any atom is 0.256 e. The van der Waals surface area contributed by atoms with Gasteiger partial charge in [-0.2, -0.15) is 0 Å². The zero-order chi connectivity index (χ0) is 14.8. The second-order valence-electron chi connectivity index (χ2n) is 4.90. The highest BCUT2D eigenvalue weighted by Crippen LogP contribution is 2.22. The molecule has 2 aromatic heterocycles. The van der Waals surface area contributed by atoms with Crippen molar-refractivity contribution in [1.82, 2.24) is 9.97 Å². The molecule has 0 saturated heterocycles. The van der Waals surface area contributed by atoms with Crippen molar-refractivity contribution in [2.75, 3.05) is 5.32 Å². The number of aryl methyl sites for hydroxylation is 1. The van der Waals surface area contributed by atoms with E-state index in [1.54, 1.807) is 18.5 Å². The number of hydrogen-bond donors (Lipinski definition) is 1. The number of para-hydroxylation sites is 1. The van der Waals surface area contributed by atoms with Crippen LogP contribution in [0.25, 0.3) is 10.9 Å². The van der Waals surface area contributed by atoms with Gasteiger partial charge in [0.25, 0.3) is 5.91 Å². The summed E-state index contributed by atoms with van der Waals surface area (Å²) < 4.78 is 0. The number of nitrogens with one attached hydrogen (secondary N) is 1. The first kappa shape index (κ1) is 13.2. The van der Waals surface area contributed by atoms with Crippen LogP contribution in [0, 0.1) is 13.8 Å². The predicted octanol–water partition coefficient (Wildman–Crippen LogP) is 3.50. The standard InChI is InChI=1S/C17H15N3O/c1-11-12(2)18-10-8-14(11)17(21)20-15-7-3-5-13-6-4-9-19-16(13)15/h3-10H,1-2H3,(H,20,21). The quantitative estimate of drug-likeness (QED) is 0.780. The van der Waals surface area contributed by atoms with Gasteiger partial charge in [0.15, 0.2) is 0 Å². The molecule has 0 aliphatic carbocycles. The molecule has 3 rings (SSSR count). The van der Waals surface area contributed by atoms with Crippen molar-refractivity contribution in [1.29, 1.82) is 0 Å². The molecule has 4 nitrogen and oxygen atoms in total. The number of benzene rings is 1. The second kappa shape index (κ2) is 5.32. The number of amides is 1. The van der Waals surface area contributed by atoms with Crippen molar-refractivity contribution in [3.63, 3.8) is 0 Å². The third-order valence-electron chi connectivity index (χ3n) is 3.58. The summed E-state index contributed by atoms with van der Waals surface area (Å²) in [6.45, 7) is 3.80. The molecule has 3 aromatic rings. The maximum atomic E-state index is 12.5. The van der Waals surface area contributed by atoms with Gasteiger partial charge in [0, 0.05) is 29.0 Å². The summed E-state index contributed by atoms with van der Waals surface area (Å²) in [6.07, 6.45) is 3.37. The first-order valence-electron chi connectivity index (χ1n) is 6.74. The van der Waals surface area contributed by atoms with E-state index in [0.29, 0.717) is 11.3 Å². The molecule has 0 fully saturated rings. The van der Waals surface area contributed by atoms with E-state index in [4.69, 9.17) is 0 Å². The Kier molecular flexibility index (Phi) is 3.36. The third-order valence-corrected chi connectivity index (χ3v) is 3.58. The van der Waals surface area contributed by atoms with Gasteiger partial charge in [0.2, 0.25) is 0 Å². The van der Waals surface area contributed by atoms with Gasteiger partial charge < -0.3 is 5.32 Å². The minimum Gasteiger partial charge on any atom is -0.320 e. The van der Waals surface area contributed by atoms with Crippen molar-refractivity contribution in [3.8, 4) is 0 Å². The van der Waals surface area contributed by atoms with Crippen LogP contribution in [0.3, 0.4) is 0 Å². The molecule has 1 N–H and O–H groups in total. The first-order valence-corrected chi connectivity index (χ1v) is 6.74. The van der Waals surface area contributed by atoms with E-state index in [1.807, 2.05) is 44.2 Å². The third kappa shape index (κ3) is 2.48. The lowest BCUT2D eigenvalue weighted by Gasteiger charge is -2.10. The van der Waals surface area contributed by atoms with E-state index in [-0.39, 0.29) is 5.91 Å². The van der Waals surface area contributed by atoms with E-state index < -0.39 is 0 Å². The second-order valence-corrected chi connectivity index (χ2v) is 4.90. The number of hydrogen-bond acceptors (Lipinski definition) is 3. The fourth-order valence-electron chi connectivity index (χ4n) is 2.28. The molecule has 21 heavy (non-hydrogen) atoms. The summed E-state index contributed by atoms with van der Waals surface area (Å²) in [6, 6.07) is 11.3. The van der Waals surface area contributed by atoms with Crippen LogP contribution in [-0.4, -0.2) is 15.9 Å². The lowest BCUT2D eigenvalue weighted by Crippen LogP contribution is -2.14. The Bertz CT molecular complexity index is 822. The molecule has 0 unspecified atom stereocenters. The van der Waals surface area contributed by atoms with Gasteiger partial charge in [-0.1, -0.05) is 18.2 Å². The average molecular weight is 277 g/mol. The molecule has 1 amide bonds. The van der Waals surface area contributed by atoms with E-state index in [0.717, 1.165) is 22.2 Å². The molecule has 0 radical (unpaired) electrons. The van der Waals surface area contributed by atoms with E-state index >= 15 is 0 Å². The zero-order valence-electron chi connectivity index (χ0n) is 11.9. The monoisotopic (exact) mass is 277 g/mol. The summed E-state index contributed by atoms with van der Waals surface area (Å²) in [4.78, 5) is 21.0. The van der Waals surface area contributed by atoms with Crippen LogP contribution >= 0.6 is 0 Å². The van der Waals surface area contributed by atoms with E-state index in [9.17, 15) is 4.79 Å². The number of anilines is 1. The Morgan fingerprint density at radius 2 is 1.81 bits per heavy atom. The van der Waals surface area contributed by atoms with Gasteiger partial charge in [0.1, 0.15) is 0 Å². The molecular weight excluding hydrogens is 262 g/mol. The number of carbonyl (C=O) groups is 1. The van der Waals surface area contributed by atoms with Crippen LogP contribution < -0.4 is 5.32 Å². The molecule has 2 heterocycles. The Hall–Kier alpha value is -2.75. The van der Waals surface area contributed by atoms with Gasteiger partial charge in [-0.25, -0.2) is 0 Å². The molecule has 104 valence electrons.